The first-order chi connectivity index (χ1) is 18.6. The molecule has 0 saturated carbocycles. The molecular formula is C32H31NO5. The lowest BCUT2D eigenvalue weighted by Gasteiger charge is -2.34. The minimum absolute atomic E-state index is 0.0679. The summed E-state index contributed by atoms with van der Waals surface area (Å²) >= 11 is 0. The molecule has 6 heteroatoms. The van der Waals surface area contributed by atoms with Crippen LogP contribution >= 0.6 is 0 Å². The lowest BCUT2D eigenvalue weighted by Crippen LogP contribution is -2.34. The van der Waals surface area contributed by atoms with E-state index in [0.29, 0.717) is 35.6 Å². The van der Waals surface area contributed by atoms with Gasteiger partial charge in [-0.1, -0.05) is 60.7 Å². The van der Waals surface area contributed by atoms with E-state index in [4.69, 9.17) is 14.2 Å². The van der Waals surface area contributed by atoms with Crippen molar-refractivity contribution in [2.75, 3.05) is 13.2 Å². The Morgan fingerprint density at radius 2 is 1.53 bits per heavy atom. The lowest BCUT2D eigenvalue weighted by atomic mass is 9.75. The maximum absolute atomic E-state index is 13.4. The number of esters is 1. The fourth-order valence-corrected chi connectivity index (χ4v) is 4.97. The first-order valence-corrected chi connectivity index (χ1v) is 13.0. The second-order valence-electron chi connectivity index (χ2n) is 9.41. The van der Waals surface area contributed by atoms with Gasteiger partial charge in [-0.05, 0) is 55.2 Å². The van der Waals surface area contributed by atoms with Gasteiger partial charge in [0.05, 0.1) is 5.57 Å². The van der Waals surface area contributed by atoms with E-state index < -0.39 is 11.9 Å². The number of allylic oxidation sites excluding steroid dienone is 3. The van der Waals surface area contributed by atoms with Crippen molar-refractivity contribution in [1.29, 1.82) is 0 Å². The second-order valence-corrected chi connectivity index (χ2v) is 9.41. The number of benzene rings is 3. The third kappa shape index (κ3) is 5.80. The van der Waals surface area contributed by atoms with Crippen molar-refractivity contribution in [2.24, 2.45) is 0 Å². The molecule has 0 spiro atoms. The number of para-hydroxylation sites is 1. The molecule has 1 atom stereocenters. The van der Waals surface area contributed by atoms with Crippen molar-refractivity contribution in [3.8, 4) is 11.5 Å². The number of nitrogens with one attached hydrogen (secondary N) is 1. The summed E-state index contributed by atoms with van der Waals surface area (Å²) in [6.07, 6.45) is 2.05. The number of hydrogen-bond acceptors (Lipinski definition) is 6. The Bertz CT molecular complexity index is 1340. The summed E-state index contributed by atoms with van der Waals surface area (Å²) < 4.78 is 17.2. The van der Waals surface area contributed by atoms with Gasteiger partial charge in [0.25, 0.3) is 0 Å². The normalized spacial score (nSPS) is 17.0. The highest BCUT2D eigenvalue weighted by atomic mass is 16.6. The smallest absolute Gasteiger partial charge is 0.336 e. The molecule has 38 heavy (non-hydrogen) atoms. The Balaban J connectivity index is 1.34. The zero-order valence-corrected chi connectivity index (χ0v) is 21.4. The van der Waals surface area contributed by atoms with E-state index in [9.17, 15) is 9.59 Å². The maximum Gasteiger partial charge on any atom is 0.336 e. The van der Waals surface area contributed by atoms with Crippen molar-refractivity contribution in [1.82, 2.24) is 5.32 Å². The lowest BCUT2D eigenvalue weighted by molar-refractivity contribution is -0.140. The van der Waals surface area contributed by atoms with E-state index in [1.165, 1.54) is 0 Å². The predicted octanol–water partition coefficient (Wildman–Crippen LogP) is 5.86. The molecule has 0 bridgehead atoms. The molecule has 0 radical (unpaired) electrons. The van der Waals surface area contributed by atoms with Gasteiger partial charge >= 0.3 is 5.97 Å². The Labute approximate surface area is 222 Å². The highest BCUT2D eigenvalue weighted by molar-refractivity contribution is 6.03. The van der Waals surface area contributed by atoms with Crippen molar-refractivity contribution >= 4 is 11.8 Å². The van der Waals surface area contributed by atoms with Crippen molar-refractivity contribution < 1.29 is 23.8 Å². The summed E-state index contributed by atoms with van der Waals surface area (Å²) in [7, 11) is 0. The number of Topliss-reactive ketones (excluding diaryl/α,β-unsaturated/α-hetero) is 1. The van der Waals surface area contributed by atoms with Crippen LogP contribution in [0, 0.1) is 0 Å². The number of carbonyl (C=O) groups is 2. The van der Waals surface area contributed by atoms with Crippen LogP contribution in [0.4, 0.5) is 0 Å². The van der Waals surface area contributed by atoms with Crippen LogP contribution in [0.5, 0.6) is 11.5 Å². The predicted molar refractivity (Wildman–Crippen MR) is 145 cm³/mol. The Morgan fingerprint density at radius 1 is 0.842 bits per heavy atom. The van der Waals surface area contributed by atoms with Crippen molar-refractivity contribution in [3.63, 3.8) is 0 Å². The molecule has 6 nitrogen and oxygen atoms in total. The molecule has 3 aromatic carbocycles. The minimum atomic E-state index is -0.496. The fraction of sp³-hybridized carbons (Fsp3) is 0.250. The average molecular weight is 510 g/mol. The zero-order chi connectivity index (χ0) is 26.3. The maximum atomic E-state index is 13.4. The van der Waals surface area contributed by atoms with Gasteiger partial charge in [0.1, 0.15) is 31.3 Å². The molecule has 1 N–H and O–H groups in total. The molecule has 5 rings (SSSR count). The summed E-state index contributed by atoms with van der Waals surface area (Å²) in [5.41, 5.74) is 4.66. The van der Waals surface area contributed by atoms with E-state index in [0.717, 1.165) is 35.4 Å². The monoisotopic (exact) mass is 509 g/mol. The van der Waals surface area contributed by atoms with Crippen LogP contribution in [0.1, 0.15) is 43.2 Å². The molecule has 1 aliphatic heterocycles. The Kier molecular flexibility index (Phi) is 7.88. The number of ketones is 1. The number of hydrogen-bond donors (Lipinski definition) is 1. The molecule has 1 aliphatic carbocycles. The van der Waals surface area contributed by atoms with Crippen LogP contribution in [-0.2, 0) is 20.9 Å². The van der Waals surface area contributed by atoms with Gasteiger partial charge in [-0.2, -0.15) is 0 Å². The largest absolute Gasteiger partial charge is 0.490 e. The van der Waals surface area contributed by atoms with Crippen LogP contribution in [0.2, 0.25) is 0 Å². The van der Waals surface area contributed by atoms with Gasteiger partial charge in [0.15, 0.2) is 5.78 Å². The van der Waals surface area contributed by atoms with Gasteiger partial charge < -0.3 is 19.5 Å². The van der Waals surface area contributed by atoms with E-state index in [1.807, 2.05) is 91.9 Å². The molecule has 194 valence electrons. The molecule has 0 fully saturated rings. The highest BCUT2D eigenvalue weighted by Crippen LogP contribution is 2.42. The number of dihydropyridines is 1. The number of rotatable bonds is 9. The van der Waals surface area contributed by atoms with Crippen LogP contribution in [0.15, 0.2) is 107 Å². The third-order valence-electron chi connectivity index (χ3n) is 6.79. The van der Waals surface area contributed by atoms with E-state index in [-0.39, 0.29) is 19.0 Å². The summed E-state index contributed by atoms with van der Waals surface area (Å²) in [6.45, 7) is 2.66. The van der Waals surface area contributed by atoms with Gasteiger partial charge in [-0.3, -0.25) is 4.79 Å². The van der Waals surface area contributed by atoms with Gasteiger partial charge in [0, 0.05) is 29.3 Å². The molecule has 2 aliphatic rings. The summed E-state index contributed by atoms with van der Waals surface area (Å²) in [5.74, 6) is 0.557. The molecule has 0 saturated heterocycles. The van der Waals surface area contributed by atoms with Crippen LogP contribution in [0.3, 0.4) is 0 Å². The van der Waals surface area contributed by atoms with E-state index in [1.54, 1.807) is 0 Å². The average Bonchev–Trinajstić information content (AvgIpc) is 2.95. The quantitative estimate of drug-likeness (QED) is 0.288. The summed E-state index contributed by atoms with van der Waals surface area (Å²) in [5, 5.41) is 3.33. The van der Waals surface area contributed by atoms with Crippen molar-refractivity contribution in [3.05, 3.63) is 119 Å². The third-order valence-corrected chi connectivity index (χ3v) is 6.79. The molecule has 0 amide bonds. The van der Waals surface area contributed by atoms with Gasteiger partial charge in [0.2, 0.25) is 0 Å². The summed E-state index contributed by atoms with van der Waals surface area (Å²) in [4.78, 5) is 26.5. The minimum Gasteiger partial charge on any atom is -0.490 e. The molecule has 1 heterocycles. The SMILES string of the molecule is CC1=C(C(=O)OCCOc2ccccc2)[C@@H](c2ccc(OCc3ccccc3)cc2)C2=C(CCCC2=O)N1. The Morgan fingerprint density at radius 3 is 2.26 bits per heavy atom. The van der Waals surface area contributed by atoms with Crippen LogP contribution in [-0.4, -0.2) is 25.0 Å². The van der Waals surface area contributed by atoms with Crippen LogP contribution in [0.25, 0.3) is 0 Å². The zero-order valence-electron chi connectivity index (χ0n) is 21.4. The standard InChI is InChI=1S/C32H31NO5/c1-22-29(32(35)37-20-19-36-25-11-6-3-7-12-25)30(31-27(33-22)13-8-14-28(31)34)24-15-17-26(18-16-24)38-21-23-9-4-2-5-10-23/h2-7,9-12,15-18,30,33H,8,13-14,19-21H2,1H3/t30-/m1/s1. The number of ether oxygens (including phenoxy) is 3. The number of carbonyl (C=O) groups excluding carboxylic acids is 2. The van der Waals surface area contributed by atoms with Crippen molar-refractivity contribution in [2.45, 2.75) is 38.7 Å². The first kappa shape index (κ1) is 25.3. The first-order valence-electron chi connectivity index (χ1n) is 13.0. The van der Waals surface area contributed by atoms with E-state index in [2.05, 4.69) is 5.32 Å². The molecule has 3 aromatic rings. The van der Waals surface area contributed by atoms with E-state index >= 15 is 0 Å². The molecular weight excluding hydrogens is 478 g/mol. The molecule has 0 aromatic heterocycles. The topological polar surface area (TPSA) is 73.9 Å². The highest BCUT2D eigenvalue weighted by Gasteiger charge is 2.39. The van der Waals surface area contributed by atoms with Crippen LogP contribution < -0.4 is 14.8 Å². The van der Waals surface area contributed by atoms with Gasteiger partial charge in [-0.25, -0.2) is 4.79 Å². The second kappa shape index (κ2) is 11.8. The Hall–Kier alpha value is -4.32. The molecule has 0 unspecified atom stereocenters. The van der Waals surface area contributed by atoms with Gasteiger partial charge in [-0.15, -0.1) is 0 Å². The summed E-state index contributed by atoms with van der Waals surface area (Å²) in [6, 6.07) is 27.0. The fourth-order valence-electron chi connectivity index (χ4n) is 4.97.